The van der Waals surface area contributed by atoms with E-state index in [-0.39, 0.29) is 0 Å². The largest absolute Gasteiger partial charge is 0.388 e. The van der Waals surface area contributed by atoms with Gasteiger partial charge in [-0.1, -0.05) is 51.9 Å². The molecule has 3 aliphatic rings. The second-order valence-corrected chi connectivity index (χ2v) is 7.88. The molecule has 0 amide bonds. The van der Waals surface area contributed by atoms with Gasteiger partial charge < -0.3 is 10.4 Å². The average molecular weight is 279 g/mol. The minimum Gasteiger partial charge on any atom is -0.388 e. The van der Waals surface area contributed by atoms with Crippen LogP contribution in [0.5, 0.6) is 0 Å². The molecule has 2 N–H and O–H groups in total. The van der Waals surface area contributed by atoms with E-state index >= 15 is 0 Å². The first kappa shape index (κ1) is 14.8. The van der Waals surface area contributed by atoms with Gasteiger partial charge in [0.15, 0.2) is 0 Å². The van der Waals surface area contributed by atoms with Crippen LogP contribution in [0.4, 0.5) is 0 Å². The van der Waals surface area contributed by atoms with Gasteiger partial charge in [-0.15, -0.1) is 0 Å². The van der Waals surface area contributed by atoms with Crippen LogP contribution in [-0.2, 0) is 0 Å². The van der Waals surface area contributed by atoms with Crippen molar-refractivity contribution in [3.8, 4) is 0 Å². The fourth-order valence-corrected chi connectivity index (χ4v) is 5.31. The Kier molecular flexibility index (Phi) is 4.72. The minimum absolute atomic E-state index is 0.360. The van der Waals surface area contributed by atoms with E-state index in [2.05, 4.69) is 12.2 Å². The number of rotatable bonds is 2. The molecule has 1 heterocycles. The van der Waals surface area contributed by atoms with Crippen LogP contribution in [0.15, 0.2) is 0 Å². The highest BCUT2D eigenvalue weighted by Crippen LogP contribution is 2.46. The van der Waals surface area contributed by atoms with Crippen molar-refractivity contribution in [2.75, 3.05) is 6.54 Å². The number of aliphatic hydroxyl groups is 1. The van der Waals surface area contributed by atoms with Crippen LogP contribution in [0.25, 0.3) is 0 Å². The molecule has 4 unspecified atom stereocenters. The van der Waals surface area contributed by atoms with Gasteiger partial charge in [0.25, 0.3) is 0 Å². The van der Waals surface area contributed by atoms with Crippen molar-refractivity contribution < 1.29 is 5.11 Å². The SMILES string of the molecule is CC1CCNC(C2(O)CCCCC2C2CCCCC2)C1. The standard InChI is InChI=1S/C18H33NO/c1-14-10-12-19-17(13-14)18(20)11-6-5-9-16(18)15-7-3-2-4-8-15/h14-17,19-20H,2-13H2,1H3. The number of hydrogen-bond donors (Lipinski definition) is 2. The second-order valence-electron chi connectivity index (χ2n) is 7.88. The molecule has 2 heteroatoms. The van der Waals surface area contributed by atoms with Gasteiger partial charge in [0, 0.05) is 6.04 Å². The first-order valence-electron chi connectivity index (χ1n) is 9.16. The lowest BCUT2D eigenvalue weighted by Crippen LogP contribution is -2.60. The van der Waals surface area contributed by atoms with Gasteiger partial charge in [-0.25, -0.2) is 0 Å². The van der Waals surface area contributed by atoms with E-state index < -0.39 is 5.60 Å². The Labute approximate surface area is 124 Å². The van der Waals surface area contributed by atoms with Crippen molar-refractivity contribution in [3.05, 3.63) is 0 Å². The Morgan fingerprint density at radius 1 is 0.950 bits per heavy atom. The quantitative estimate of drug-likeness (QED) is 0.804. The fraction of sp³-hybridized carbons (Fsp3) is 1.00. The molecule has 3 fully saturated rings. The third-order valence-electron chi connectivity index (χ3n) is 6.47. The van der Waals surface area contributed by atoms with Gasteiger partial charge in [0.05, 0.1) is 5.60 Å². The number of nitrogens with one attached hydrogen (secondary N) is 1. The summed E-state index contributed by atoms with van der Waals surface area (Å²) in [5, 5.41) is 15.2. The molecular formula is C18H33NO. The van der Waals surface area contributed by atoms with E-state index in [9.17, 15) is 5.11 Å². The lowest BCUT2D eigenvalue weighted by Gasteiger charge is -2.51. The Morgan fingerprint density at radius 2 is 1.70 bits per heavy atom. The lowest BCUT2D eigenvalue weighted by molar-refractivity contribution is -0.110. The third-order valence-corrected chi connectivity index (χ3v) is 6.47. The summed E-state index contributed by atoms with van der Waals surface area (Å²) in [5.74, 6) is 2.15. The predicted molar refractivity (Wildman–Crippen MR) is 83.7 cm³/mol. The average Bonchev–Trinajstić information content (AvgIpc) is 2.49. The van der Waals surface area contributed by atoms with Crippen LogP contribution in [-0.4, -0.2) is 23.3 Å². The van der Waals surface area contributed by atoms with Gasteiger partial charge in [-0.2, -0.15) is 0 Å². The second kappa shape index (κ2) is 6.36. The molecule has 1 saturated heterocycles. The maximum absolute atomic E-state index is 11.6. The summed E-state index contributed by atoms with van der Waals surface area (Å²) in [4.78, 5) is 0. The molecule has 1 aliphatic heterocycles. The normalized spacial score (nSPS) is 44.4. The lowest BCUT2D eigenvalue weighted by atomic mass is 9.61. The van der Waals surface area contributed by atoms with Crippen molar-refractivity contribution in [3.63, 3.8) is 0 Å². The maximum atomic E-state index is 11.6. The van der Waals surface area contributed by atoms with Gasteiger partial charge >= 0.3 is 0 Å². The third kappa shape index (κ3) is 2.92. The van der Waals surface area contributed by atoms with Gasteiger partial charge in [0.1, 0.15) is 0 Å². The Hall–Kier alpha value is -0.0800. The molecule has 0 aromatic rings. The highest BCUT2D eigenvalue weighted by atomic mass is 16.3. The predicted octanol–water partition coefficient (Wildman–Crippen LogP) is 3.88. The van der Waals surface area contributed by atoms with Crippen molar-refractivity contribution in [1.82, 2.24) is 5.32 Å². The van der Waals surface area contributed by atoms with Crippen molar-refractivity contribution in [2.45, 2.75) is 89.2 Å². The number of hydrogen-bond acceptors (Lipinski definition) is 2. The molecule has 2 saturated carbocycles. The molecule has 116 valence electrons. The summed E-state index contributed by atoms with van der Waals surface area (Å²) in [6.45, 7) is 3.46. The van der Waals surface area contributed by atoms with Crippen LogP contribution in [0, 0.1) is 17.8 Å². The topological polar surface area (TPSA) is 32.3 Å². The van der Waals surface area contributed by atoms with E-state index in [0.29, 0.717) is 12.0 Å². The van der Waals surface area contributed by atoms with Crippen LogP contribution >= 0.6 is 0 Å². The molecule has 0 aromatic carbocycles. The zero-order chi connectivity index (χ0) is 14.0. The van der Waals surface area contributed by atoms with Crippen molar-refractivity contribution >= 4 is 0 Å². The first-order chi connectivity index (χ1) is 9.70. The van der Waals surface area contributed by atoms with Gasteiger partial charge in [0.2, 0.25) is 0 Å². The van der Waals surface area contributed by atoms with Crippen molar-refractivity contribution in [2.24, 2.45) is 17.8 Å². The van der Waals surface area contributed by atoms with Crippen molar-refractivity contribution in [1.29, 1.82) is 0 Å². The molecule has 2 aliphatic carbocycles. The maximum Gasteiger partial charge on any atom is 0.0830 e. The summed E-state index contributed by atoms with van der Waals surface area (Å²) in [5.41, 5.74) is -0.408. The van der Waals surface area contributed by atoms with E-state index in [4.69, 9.17) is 0 Å². The molecule has 20 heavy (non-hydrogen) atoms. The van der Waals surface area contributed by atoms with Crippen LogP contribution in [0.3, 0.4) is 0 Å². The highest BCUT2D eigenvalue weighted by molar-refractivity contribution is 5.03. The summed E-state index contributed by atoms with van der Waals surface area (Å²) in [7, 11) is 0. The Morgan fingerprint density at radius 3 is 2.45 bits per heavy atom. The molecule has 0 bridgehead atoms. The first-order valence-corrected chi connectivity index (χ1v) is 9.16. The zero-order valence-electron chi connectivity index (χ0n) is 13.2. The molecule has 4 atom stereocenters. The summed E-state index contributed by atoms with van der Waals surface area (Å²) in [6.07, 6.45) is 14.3. The van der Waals surface area contributed by atoms with Crippen LogP contribution in [0.2, 0.25) is 0 Å². The molecule has 2 nitrogen and oxygen atoms in total. The zero-order valence-corrected chi connectivity index (χ0v) is 13.2. The van der Waals surface area contributed by atoms with E-state index in [0.717, 1.165) is 24.8 Å². The summed E-state index contributed by atoms with van der Waals surface area (Å²) >= 11 is 0. The molecule has 0 spiro atoms. The van der Waals surface area contributed by atoms with Crippen LogP contribution in [0.1, 0.15) is 77.6 Å². The van der Waals surface area contributed by atoms with E-state index in [1.54, 1.807) is 0 Å². The van der Waals surface area contributed by atoms with Gasteiger partial charge in [-0.05, 0) is 50.0 Å². The van der Waals surface area contributed by atoms with E-state index in [1.165, 1.54) is 64.2 Å². The highest BCUT2D eigenvalue weighted by Gasteiger charge is 2.48. The Bertz CT molecular complexity index is 313. The van der Waals surface area contributed by atoms with Crippen LogP contribution < -0.4 is 5.32 Å². The summed E-state index contributed by atoms with van der Waals surface area (Å²) in [6, 6.07) is 0.360. The van der Waals surface area contributed by atoms with Gasteiger partial charge in [-0.3, -0.25) is 0 Å². The molecule has 0 aromatic heterocycles. The van der Waals surface area contributed by atoms with E-state index in [1.807, 2.05) is 0 Å². The summed E-state index contributed by atoms with van der Waals surface area (Å²) < 4.78 is 0. The Balaban J connectivity index is 1.75. The number of piperidine rings is 1. The molecular weight excluding hydrogens is 246 g/mol. The minimum atomic E-state index is -0.408. The molecule has 3 rings (SSSR count). The fourth-order valence-electron chi connectivity index (χ4n) is 5.31. The monoisotopic (exact) mass is 279 g/mol. The smallest absolute Gasteiger partial charge is 0.0830 e. The molecule has 0 radical (unpaired) electrons.